The van der Waals surface area contributed by atoms with Crippen LogP contribution in [0.5, 0.6) is 5.75 Å². The van der Waals surface area contributed by atoms with E-state index in [2.05, 4.69) is 16.0 Å². The summed E-state index contributed by atoms with van der Waals surface area (Å²) in [6, 6.07) is 10.0. The SMILES string of the molecule is N#Cc1c(N)nc2c(c1-c1ccccc1OCCn1ccnc1)CC(N)CC2. The number of para-hydroxylation sites is 1. The number of aryl methyl sites for hydroxylation is 1. The van der Waals surface area contributed by atoms with Gasteiger partial charge in [-0.1, -0.05) is 18.2 Å². The molecule has 0 spiro atoms. The predicted molar refractivity (Wildman–Crippen MR) is 107 cm³/mol. The maximum Gasteiger partial charge on any atom is 0.142 e. The fourth-order valence-corrected chi connectivity index (χ4v) is 3.69. The van der Waals surface area contributed by atoms with Gasteiger partial charge in [0.2, 0.25) is 0 Å². The van der Waals surface area contributed by atoms with Gasteiger partial charge < -0.3 is 20.8 Å². The van der Waals surface area contributed by atoms with E-state index in [9.17, 15) is 5.26 Å². The van der Waals surface area contributed by atoms with Crippen LogP contribution in [0.4, 0.5) is 5.82 Å². The van der Waals surface area contributed by atoms with Gasteiger partial charge in [-0.25, -0.2) is 9.97 Å². The molecular weight excluding hydrogens is 352 g/mol. The molecule has 1 atom stereocenters. The number of hydrogen-bond donors (Lipinski definition) is 2. The lowest BCUT2D eigenvalue weighted by atomic mass is 9.84. The van der Waals surface area contributed by atoms with Crippen LogP contribution in [-0.2, 0) is 19.4 Å². The lowest BCUT2D eigenvalue weighted by molar-refractivity contribution is 0.299. The Morgan fingerprint density at radius 3 is 2.96 bits per heavy atom. The van der Waals surface area contributed by atoms with Crippen LogP contribution in [0.3, 0.4) is 0 Å². The Balaban J connectivity index is 1.75. The van der Waals surface area contributed by atoms with Gasteiger partial charge in [0.25, 0.3) is 0 Å². The number of nitrogens with zero attached hydrogens (tertiary/aromatic N) is 4. The van der Waals surface area contributed by atoms with Gasteiger partial charge in [0.1, 0.15) is 29.8 Å². The molecule has 0 radical (unpaired) electrons. The number of hydrogen-bond acceptors (Lipinski definition) is 6. The third kappa shape index (κ3) is 3.42. The Morgan fingerprint density at radius 2 is 2.18 bits per heavy atom. The number of anilines is 1. The largest absolute Gasteiger partial charge is 0.491 e. The second-order valence-electron chi connectivity index (χ2n) is 6.93. The number of rotatable bonds is 5. The average molecular weight is 374 g/mol. The van der Waals surface area contributed by atoms with Gasteiger partial charge in [-0.3, -0.25) is 0 Å². The first-order valence-electron chi connectivity index (χ1n) is 9.32. The number of imidazole rings is 1. The molecule has 0 saturated carbocycles. The molecule has 0 saturated heterocycles. The van der Waals surface area contributed by atoms with E-state index in [1.807, 2.05) is 35.0 Å². The Bertz CT molecular complexity index is 1020. The Labute approximate surface area is 163 Å². The van der Waals surface area contributed by atoms with Crippen molar-refractivity contribution < 1.29 is 4.74 Å². The van der Waals surface area contributed by atoms with Crippen molar-refractivity contribution in [2.45, 2.75) is 31.8 Å². The predicted octanol–water partition coefficient (Wildman–Crippen LogP) is 2.29. The number of fused-ring (bicyclic) bond motifs is 1. The van der Waals surface area contributed by atoms with Crippen molar-refractivity contribution in [2.24, 2.45) is 5.73 Å². The van der Waals surface area contributed by atoms with Crippen molar-refractivity contribution in [1.82, 2.24) is 14.5 Å². The van der Waals surface area contributed by atoms with Crippen molar-refractivity contribution in [3.8, 4) is 22.9 Å². The van der Waals surface area contributed by atoms with Crippen LogP contribution in [0.15, 0.2) is 43.0 Å². The van der Waals surface area contributed by atoms with E-state index in [0.717, 1.165) is 35.2 Å². The highest BCUT2D eigenvalue weighted by Crippen LogP contribution is 2.39. The lowest BCUT2D eigenvalue weighted by Crippen LogP contribution is -2.29. The van der Waals surface area contributed by atoms with Gasteiger partial charge in [-0.15, -0.1) is 0 Å². The molecule has 1 aliphatic carbocycles. The summed E-state index contributed by atoms with van der Waals surface area (Å²) in [5, 5.41) is 9.77. The zero-order chi connectivity index (χ0) is 19.5. The Kier molecular flexibility index (Phi) is 4.96. The van der Waals surface area contributed by atoms with Gasteiger partial charge in [-0.05, 0) is 30.9 Å². The molecule has 0 fully saturated rings. The minimum atomic E-state index is 0.0533. The number of benzene rings is 1. The van der Waals surface area contributed by atoms with Crippen LogP contribution in [0, 0.1) is 11.3 Å². The van der Waals surface area contributed by atoms with E-state index in [0.29, 0.717) is 30.9 Å². The van der Waals surface area contributed by atoms with E-state index >= 15 is 0 Å². The highest BCUT2D eigenvalue weighted by atomic mass is 16.5. The van der Waals surface area contributed by atoms with Gasteiger partial charge in [-0.2, -0.15) is 5.26 Å². The molecule has 7 heteroatoms. The number of nitriles is 1. The Hall–Kier alpha value is -3.37. The minimum absolute atomic E-state index is 0.0533. The molecule has 3 aromatic rings. The zero-order valence-corrected chi connectivity index (χ0v) is 15.5. The van der Waals surface area contributed by atoms with Crippen molar-refractivity contribution in [1.29, 1.82) is 5.26 Å². The number of ether oxygens (including phenoxy) is 1. The molecule has 1 aromatic carbocycles. The molecule has 2 heterocycles. The highest BCUT2D eigenvalue weighted by molar-refractivity contribution is 5.82. The molecule has 0 amide bonds. The number of pyridine rings is 1. The minimum Gasteiger partial charge on any atom is -0.491 e. The normalized spacial score (nSPS) is 15.6. The second-order valence-corrected chi connectivity index (χ2v) is 6.93. The van der Waals surface area contributed by atoms with Crippen molar-refractivity contribution in [3.05, 3.63) is 59.8 Å². The molecule has 7 nitrogen and oxygen atoms in total. The third-order valence-electron chi connectivity index (χ3n) is 5.06. The average Bonchev–Trinajstić information content (AvgIpc) is 3.21. The molecule has 1 aliphatic rings. The maximum absolute atomic E-state index is 9.77. The molecule has 4 N–H and O–H groups in total. The summed E-state index contributed by atoms with van der Waals surface area (Å²) in [7, 11) is 0. The van der Waals surface area contributed by atoms with E-state index in [-0.39, 0.29) is 11.9 Å². The molecule has 0 bridgehead atoms. The van der Waals surface area contributed by atoms with E-state index in [1.54, 1.807) is 12.5 Å². The second kappa shape index (κ2) is 7.71. The van der Waals surface area contributed by atoms with E-state index in [4.69, 9.17) is 16.2 Å². The van der Waals surface area contributed by atoms with Crippen LogP contribution in [0.25, 0.3) is 11.1 Å². The Morgan fingerprint density at radius 1 is 1.32 bits per heavy atom. The molecular formula is C21H22N6O. The monoisotopic (exact) mass is 374 g/mol. The first-order chi connectivity index (χ1) is 13.7. The van der Waals surface area contributed by atoms with Crippen LogP contribution >= 0.6 is 0 Å². The van der Waals surface area contributed by atoms with Crippen LogP contribution in [0.2, 0.25) is 0 Å². The van der Waals surface area contributed by atoms with Crippen LogP contribution < -0.4 is 16.2 Å². The summed E-state index contributed by atoms with van der Waals surface area (Å²) in [6.45, 7) is 1.17. The lowest BCUT2D eigenvalue weighted by Gasteiger charge is -2.25. The molecule has 4 rings (SSSR count). The van der Waals surface area contributed by atoms with Crippen molar-refractivity contribution in [2.75, 3.05) is 12.3 Å². The number of aromatic nitrogens is 3. The van der Waals surface area contributed by atoms with E-state index < -0.39 is 0 Å². The summed E-state index contributed by atoms with van der Waals surface area (Å²) in [6.07, 6.45) is 7.70. The summed E-state index contributed by atoms with van der Waals surface area (Å²) in [5.41, 5.74) is 16.3. The summed E-state index contributed by atoms with van der Waals surface area (Å²) in [4.78, 5) is 8.52. The quantitative estimate of drug-likeness (QED) is 0.708. The standard InChI is InChI=1S/C21H22N6O/c22-12-17-20(16-11-14(23)5-6-18(16)26-21(17)24)15-3-1-2-4-19(15)28-10-9-27-8-7-25-13-27/h1-4,7-8,13-14H,5-6,9-11,23H2,(H2,24,26). The van der Waals surface area contributed by atoms with Gasteiger partial charge >= 0.3 is 0 Å². The fraction of sp³-hybridized carbons (Fsp3) is 0.286. The number of nitrogens with two attached hydrogens (primary N) is 2. The van der Waals surface area contributed by atoms with Gasteiger partial charge in [0.15, 0.2) is 0 Å². The third-order valence-corrected chi connectivity index (χ3v) is 5.06. The van der Waals surface area contributed by atoms with Crippen LogP contribution in [-0.4, -0.2) is 27.2 Å². The molecule has 0 aliphatic heterocycles. The van der Waals surface area contributed by atoms with Crippen molar-refractivity contribution in [3.63, 3.8) is 0 Å². The molecule has 142 valence electrons. The fourth-order valence-electron chi connectivity index (χ4n) is 3.69. The summed E-state index contributed by atoms with van der Waals surface area (Å²) in [5.74, 6) is 0.978. The van der Waals surface area contributed by atoms with E-state index in [1.165, 1.54) is 0 Å². The van der Waals surface area contributed by atoms with Crippen LogP contribution in [0.1, 0.15) is 23.2 Å². The maximum atomic E-state index is 9.77. The zero-order valence-electron chi connectivity index (χ0n) is 15.5. The first-order valence-corrected chi connectivity index (χ1v) is 9.32. The van der Waals surface area contributed by atoms with Gasteiger partial charge in [0.05, 0.1) is 12.9 Å². The molecule has 1 unspecified atom stereocenters. The first kappa shape index (κ1) is 18.0. The highest BCUT2D eigenvalue weighted by Gasteiger charge is 2.26. The summed E-state index contributed by atoms with van der Waals surface area (Å²) < 4.78 is 8.02. The topological polar surface area (TPSA) is 116 Å². The number of nitrogen functional groups attached to an aromatic ring is 1. The smallest absolute Gasteiger partial charge is 0.142 e. The molecule has 28 heavy (non-hydrogen) atoms. The van der Waals surface area contributed by atoms with Gasteiger partial charge in [0, 0.05) is 35.3 Å². The molecule has 2 aromatic heterocycles. The van der Waals surface area contributed by atoms with Crippen molar-refractivity contribution >= 4 is 5.82 Å². The summed E-state index contributed by atoms with van der Waals surface area (Å²) >= 11 is 0.